The van der Waals surface area contributed by atoms with Gasteiger partial charge < -0.3 is 9.84 Å². The van der Waals surface area contributed by atoms with Crippen LogP contribution in [0.5, 0.6) is 5.75 Å². The molecular formula is C19H15NO3. The van der Waals surface area contributed by atoms with Gasteiger partial charge in [-0.3, -0.25) is 4.98 Å². The molecule has 1 aromatic heterocycles. The Bertz CT molecular complexity index is 849. The summed E-state index contributed by atoms with van der Waals surface area (Å²) in [6.45, 7) is -0.335. The van der Waals surface area contributed by atoms with Crippen molar-refractivity contribution < 1.29 is 14.6 Å². The van der Waals surface area contributed by atoms with Crippen molar-refractivity contribution in [2.75, 3.05) is 6.61 Å². The fraction of sp³-hybridized carbons (Fsp3) is 0.0526. The zero-order valence-electron chi connectivity index (χ0n) is 12.3. The summed E-state index contributed by atoms with van der Waals surface area (Å²) in [6.07, 6.45) is 5.84. The van der Waals surface area contributed by atoms with Crippen molar-refractivity contribution in [3.05, 3.63) is 71.9 Å². The Kier molecular flexibility index (Phi) is 4.34. The van der Waals surface area contributed by atoms with E-state index in [9.17, 15) is 4.79 Å². The number of carboxylic acids is 1. The number of carbonyl (C=O) groups is 1. The maximum Gasteiger partial charge on any atom is 0.341 e. The Hall–Kier alpha value is -3.14. The van der Waals surface area contributed by atoms with Gasteiger partial charge >= 0.3 is 5.97 Å². The van der Waals surface area contributed by atoms with E-state index in [4.69, 9.17) is 9.84 Å². The molecule has 0 spiro atoms. The van der Waals surface area contributed by atoms with E-state index in [1.165, 1.54) is 0 Å². The van der Waals surface area contributed by atoms with E-state index in [1.54, 1.807) is 18.3 Å². The second-order valence-corrected chi connectivity index (χ2v) is 5.00. The van der Waals surface area contributed by atoms with Crippen LogP contribution in [0.2, 0.25) is 0 Å². The highest BCUT2D eigenvalue weighted by Crippen LogP contribution is 2.19. The van der Waals surface area contributed by atoms with E-state index in [-0.39, 0.29) is 6.61 Å². The highest BCUT2D eigenvalue weighted by atomic mass is 16.5. The Morgan fingerprint density at radius 2 is 1.83 bits per heavy atom. The zero-order valence-corrected chi connectivity index (χ0v) is 12.3. The topological polar surface area (TPSA) is 59.4 Å². The number of fused-ring (bicyclic) bond motifs is 1. The Morgan fingerprint density at radius 3 is 2.61 bits per heavy atom. The average molecular weight is 305 g/mol. The normalized spacial score (nSPS) is 11.0. The second kappa shape index (κ2) is 6.75. The third-order valence-corrected chi connectivity index (χ3v) is 3.38. The Labute approximate surface area is 133 Å². The first kappa shape index (κ1) is 14.8. The van der Waals surface area contributed by atoms with Crippen LogP contribution in [0.3, 0.4) is 0 Å². The number of hydrogen-bond acceptors (Lipinski definition) is 3. The van der Waals surface area contributed by atoms with E-state index in [0.29, 0.717) is 5.75 Å². The first-order valence-corrected chi connectivity index (χ1v) is 7.19. The largest absolute Gasteiger partial charge is 0.482 e. The Morgan fingerprint density at radius 1 is 1.04 bits per heavy atom. The number of benzene rings is 2. The summed E-state index contributed by atoms with van der Waals surface area (Å²) < 4.78 is 5.11. The molecule has 0 saturated carbocycles. The third kappa shape index (κ3) is 3.74. The predicted octanol–water partition coefficient (Wildman–Crippen LogP) is 3.87. The van der Waals surface area contributed by atoms with Crippen LogP contribution >= 0.6 is 0 Å². The molecule has 0 aliphatic rings. The van der Waals surface area contributed by atoms with Gasteiger partial charge in [-0.15, -0.1) is 0 Å². The minimum absolute atomic E-state index is 0.335. The third-order valence-electron chi connectivity index (χ3n) is 3.38. The van der Waals surface area contributed by atoms with Crippen molar-refractivity contribution >= 4 is 29.0 Å². The molecule has 114 valence electrons. The summed E-state index contributed by atoms with van der Waals surface area (Å²) in [5, 5.41) is 9.69. The number of rotatable bonds is 5. The van der Waals surface area contributed by atoms with Crippen molar-refractivity contribution in [1.29, 1.82) is 0 Å². The molecule has 0 amide bonds. The van der Waals surface area contributed by atoms with Gasteiger partial charge in [-0.1, -0.05) is 42.5 Å². The van der Waals surface area contributed by atoms with Crippen LogP contribution in [0.25, 0.3) is 23.1 Å². The maximum absolute atomic E-state index is 10.5. The number of ether oxygens (including phenoxy) is 1. The van der Waals surface area contributed by atoms with Crippen LogP contribution in [-0.4, -0.2) is 22.7 Å². The highest BCUT2D eigenvalue weighted by Gasteiger charge is 2.00. The SMILES string of the molecule is O=C(O)COc1ccc(C=Cc2ccnc3ccccc23)cc1. The van der Waals surface area contributed by atoms with Gasteiger partial charge in [-0.2, -0.15) is 0 Å². The van der Waals surface area contributed by atoms with Crippen LogP contribution in [-0.2, 0) is 4.79 Å². The first-order chi connectivity index (χ1) is 11.2. The van der Waals surface area contributed by atoms with E-state index in [2.05, 4.69) is 4.98 Å². The summed E-state index contributed by atoms with van der Waals surface area (Å²) in [7, 11) is 0. The van der Waals surface area contributed by atoms with Crippen molar-refractivity contribution in [3.63, 3.8) is 0 Å². The van der Waals surface area contributed by atoms with Gasteiger partial charge in [0.2, 0.25) is 0 Å². The summed E-state index contributed by atoms with van der Waals surface area (Å²) in [6, 6.07) is 17.3. The average Bonchev–Trinajstić information content (AvgIpc) is 2.59. The van der Waals surface area contributed by atoms with Crippen molar-refractivity contribution in [3.8, 4) is 5.75 Å². The summed E-state index contributed by atoms with van der Waals surface area (Å²) in [5.41, 5.74) is 3.07. The van der Waals surface area contributed by atoms with Crippen LogP contribution in [0.15, 0.2) is 60.8 Å². The van der Waals surface area contributed by atoms with Gasteiger partial charge in [0.15, 0.2) is 6.61 Å². The summed E-state index contributed by atoms with van der Waals surface area (Å²) >= 11 is 0. The van der Waals surface area contributed by atoms with E-state index in [1.807, 2.05) is 54.6 Å². The molecule has 0 radical (unpaired) electrons. The molecule has 0 saturated heterocycles. The number of aliphatic carboxylic acids is 1. The number of pyridine rings is 1. The van der Waals surface area contributed by atoms with Crippen molar-refractivity contribution in [2.45, 2.75) is 0 Å². The van der Waals surface area contributed by atoms with Gasteiger partial charge in [0.1, 0.15) is 5.75 Å². The van der Waals surface area contributed by atoms with E-state index < -0.39 is 5.97 Å². The van der Waals surface area contributed by atoms with Gasteiger partial charge in [-0.25, -0.2) is 4.79 Å². The minimum atomic E-state index is -0.987. The molecule has 4 nitrogen and oxygen atoms in total. The molecule has 1 heterocycles. The molecule has 3 aromatic rings. The van der Waals surface area contributed by atoms with Gasteiger partial charge in [0.25, 0.3) is 0 Å². The van der Waals surface area contributed by atoms with E-state index in [0.717, 1.165) is 22.0 Å². The fourth-order valence-corrected chi connectivity index (χ4v) is 2.27. The molecule has 0 aliphatic carbocycles. The quantitative estimate of drug-likeness (QED) is 0.777. The molecule has 0 aliphatic heterocycles. The lowest BCUT2D eigenvalue weighted by Crippen LogP contribution is -2.09. The zero-order chi connectivity index (χ0) is 16.1. The standard InChI is InChI=1S/C19H15NO3/c21-19(22)13-23-16-9-6-14(7-10-16)5-8-15-11-12-20-18-4-2-1-3-17(15)18/h1-12H,13H2,(H,21,22). The van der Waals surface area contributed by atoms with Crippen LogP contribution in [0.1, 0.15) is 11.1 Å². The number of para-hydroxylation sites is 1. The molecule has 0 unspecified atom stereocenters. The van der Waals surface area contributed by atoms with Gasteiger partial charge in [-0.05, 0) is 35.4 Å². The minimum Gasteiger partial charge on any atom is -0.482 e. The lowest BCUT2D eigenvalue weighted by molar-refractivity contribution is -0.139. The molecule has 2 aromatic carbocycles. The number of carboxylic acid groups (broad SMARTS) is 1. The molecule has 4 heteroatoms. The van der Waals surface area contributed by atoms with Crippen molar-refractivity contribution in [2.24, 2.45) is 0 Å². The second-order valence-electron chi connectivity index (χ2n) is 5.00. The molecule has 0 atom stereocenters. The lowest BCUT2D eigenvalue weighted by atomic mass is 10.1. The maximum atomic E-state index is 10.5. The number of aromatic nitrogens is 1. The monoisotopic (exact) mass is 305 g/mol. The van der Waals surface area contributed by atoms with Crippen LogP contribution < -0.4 is 4.74 Å². The first-order valence-electron chi connectivity index (χ1n) is 7.19. The molecular weight excluding hydrogens is 290 g/mol. The van der Waals surface area contributed by atoms with Gasteiger partial charge in [0, 0.05) is 11.6 Å². The van der Waals surface area contributed by atoms with Gasteiger partial charge in [0.05, 0.1) is 5.52 Å². The van der Waals surface area contributed by atoms with Crippen molar-refractivity contribution in [1.82, 2.24) is 4.98 Å². The highest BCUT2D eigenvalue weighted by molar-refractivity contribution is 5.90. The number of hydrogen-bond donors (Lipinski definition) is 1. The molecule has 1 N–H and O–H groups in total. The van der Waals surface area contributed by atoms with Crippen LogP contribution in [0, 0.1) is 0 Å². The number of nitrogens with zero attached hydrogens (tertiary/aromatic N) is 1. The lowest BCUT2D eigenvalue weighted by Gasteiger charge is -2.03. The molecule has 0 fully saturated rings. The molecule has 0 bridgehead atoms. The fourth-order valence-electron chi connectivity index (χ4n) is 2.27. The smallest absolute Gasteiger partial charge is 0.341 e. The summed E-state index contributed by atoms with van der Waals surface area (Å²) in [5.74, 6) is -0.447. The molecule has 3 rings (SSSR count). The predicted molar refractivity (Wildman–Crippen MR) is 90.2 cm³/mol. The Balaban J connectivity index is 1.78. The summed E-state index contributed by atoms with van der Waals surface area (Å²) in [4.78, 5) is 14.8. The molecule has 23 heavy (non-hydrogen) atoms. The van der Waals surface area contributed by atoms with E-state index >= 15 is 0 Å². The van der Waals surface area contributed by atoms with Crippen LogP contribution in [0.4, 0.5) is 0 Å².